The molecule has 8 heteroatoms. The number of hydrogen-bond donors (Lipinski definition) is 2. The summed E-state index contributed by atoms with van der Waals surface area (Å²) < 4.78 is 11.7. The van der Waals surface area contributed by atoms with E-state index in [0.29, 0.717) is 23.5 Å². The fraction of sp³-hybridized carbons (Fsp3) is 0.192. The van der Waals surface area contributed by atoms with Crippen molar-refractivity contribution in [2.24, 2.45) is 0 Å². The summed E-state index contributed by atoms with van der Waals surface area (Å²) in [4.78, 5) is 35.8. The van der Waals surface area contributed by atoms with Gasteiger partial charge in [0.05, 0.1) is 0 Å². The minimum Gasteiger partial charge on any atom is -0.457 e. The number of esters is 1. The summed E-state index contributed by atoms with van der Waals surface area (Å²) in [7, 11) is 0. The molecule has 0 aliphatic heterocycles. The van der Waals surface area contributed by atoms with Crippen LogP contribution in [0.1, 0.15) is 24.8 Å². The van der Waals surface area contributed by atoms with Gasteiger partial charge in [0.15, 0.2) is 6.61 Å². The zero-order valence-corrected chi connectivity index (χ0v) is 20.3. The van der Waals surface area contributed by atoms with Gasteiger partial charge in [-0.05, 0) is 79.6 Å². The van der Waals surface area contributed by atoms with Gasteiger partial charge in [-0.25, -0.2) is 0 Å². The molecule has 2 N–H and O–H groups in total. The molecule has 0 radical (unpaired) electrons. The van der Waals surface area contributed by atoms with E-state index in [1.807, 2.05) is 31.2 Å². The van der Waals surface area contributed by atoms with Gasteiger partial charge in [-0.2, -0.15) is 0 Å². The molecule has 34 heavy (non-hydrogen) atoms. The Balaban J connectivity index is 1.32. The predicted molar refractivity (Wildman–Crippen MR) is 134 cm³/mol. The Kier molecular flexibility index (Phi) is 9.22. The number of anilines is 2. The van der Waals surface area contributed by atoms with Gasteiger partial charge in [-0.1, -0.05) is 28.1 Å². The highest BCUT2D eigenvalue weighted by Crippen LogP contribution is 2.23. The van der Waals surface area contributed by atoms with E-state index in [1.165, 1.54) is 0 Å². The van der Waals surface area contributed by atoms with Gasteiger partial charge in [0.25, 0.3) is 5.91 Å². The molecule has 0 spiro atoms. The first-order chi connectivity index (χ1) is 16.4. The van der Waals surface area contributed by atoms with E-state index in [2.05, 4.69) is 26.6 Å². The number of ether oxygens (including phenoxy) is 2. The van der Waals surface area contributed by atoms with Gasteiger partial charge in [-0.3, -0.25) is 14.4 Å². The Morgan fingerprint density at radius 2 is 1.44 bits per heavy atom. The summed E-state index contributed by atoms with van der Waals surface area (Å²) in [6.07, 6.45) is 0.511. The lowest BCUT2D eigenvalue weighted by Gasteiger charge is -2.09. The Morgan fingerprint density at radius 1 is 0.794 bits per heavy atom. The van der Waals surface area contributed by atoms with Crippen LogP contribution in [0.3, 0.4) is 0 Å². The zero-order chi connectivity index (χ0) is 24.3. The number of rotatable bonds is 10. The van der Waals surface area contributed by atoms with Crippen LogP contribution in [0.25, 0.3) is 0 Å². The van der Waals surface area contributed by atoms with E-state index in [1.54, 1.807) is 48.5 Å². The summed E-state index contributed by atoms with van der Waals surface area (Å²) in [5, 5.41) is 5.42. The van der Waals surface area contributed by atoms with Crippen molar-refractivity contribution in [1.29, 1.82) is 0 Å². The molecule has 3 aromatic rings. The monoisotopic (exact) mass is 524 g/mol. The Morgan fingerprint density at radius 3 is 2.12 bits per heavy atom. The number of amides is 2. The van der Waals surface area contributed by atoms with E-state index in [0.717, 1.165) is 15.8 Å². The standard InChI is InChI=1S/C26H25BrN2O5/c1-18-4-2-5-23(16-18)34-22-14-12-21(13-15-22)28-24(30)6-3-7-26(32)33-17-25(31)29-20-10-8-19(27)9-11-20/h2,4-5,8-16H,3,6-7,17H2,1H3,(H,28,30)(H,29,31). The topological polar surface area (TPSA) is 93.7 Å². The van der Waals surface area contributed by atoms with Gasteiger partial charge >= 0.3 is 5.97 Å². The van der Waals surface area contributed by atoms with Gasteiger partial charge in [-0.15, -0.1) is 0 Å². The highest BCUT2D eigenvalue weighted by atomic mass is 79.9. The van der Waals surface area contributed by atoms with Crippen molar-refractivity contribution in [2.75, 3.05) is 17.2 Å². The Labute approximate surface area is 206 Å². The number of aryl methyl sites for hydroxylation is 1. The van der Waals surface area contributed by atoms with Crippen LogP contribution in [0.15, 0.2) is 77.3 Å². The summed E-state index contributed by atoms with van der Waals surface area (Å²) in [6.45, 7) is 1.62. The first kappa shape index (κ1) is 25.0. The molecule has 7 nitrogen and oxygen atoms in total. The molecule has 0 bridgehead atoms. The van der Waals surface area contributed by atoms with Crippen LogP contribution >= 0.6 is 15.9 Å². The number of benzene rings is 3. The first-order valence-corrected chi connectivity index (χ1v) is 11.5. The summed E-state index contributed by atoms with van der Waals surface area (Å²) >= 11 is 3.31. The largest absolute Gasteiger partial charge is 0.457 e. The van der Waals surface area contributed by atoms with Crippen molar-refractivity contribution in [1.82, 2.24) is 0 Å². The molecular formula is C26H25BrN2O5. The fourth-order valence-electron chi connectivity index (χ4n) is 2.99. The number of carbonyl (C=O) groups is 3. The van der Waals surface area contributed by atoms with Crippen LogP contribution in [-0.2, 0) is 19.1 Å². The molecule has 0 aromatic heterocycles. The zero-order valence-electron chi connectivity index (χ0n) is 18.7. The molecule has 176 valence electrons. The minimum atomic E-state index is -0.531. The molecule has 0 saturated carbocycles. The molecule has 2 amide bonds. The van der Waals surface area contributed by atoms with Gasteiger partial charge < -0.3 is 20.1 Å². The molecule has 0 unspecified atom stereocenters. The smallest absolute Gasteiger partial charge is 0.306 e. The highest BCUT2D eigenvalue weighted by molar-refractivity contribution is 9.10. The molecule has 0 aliphatic carbocycles. The third kappa shape index (κ3) is 8.71. The van der Waals surface area contributed by atoms with Crippen LogP contribution in [0.4, 0.5) is 11.4 Å². The van der Waals surface area contributed by atoms with E-state index in [9.17, 15) is 14.4 Å². The van der Waals surface area contributed by atoms with Crippen molar-refractivity contribution in [3.63, 3.8) is 0 Å². The second kappa shape index (κ2) is 12.6. The number of carbonyl (C=O) groups excluding carboxylic acids is 3. The van der Waals surface area contributed by atoms with Crippen molar-refractivity contribution >= 4 is 45.1 Å². The average Bonchev–Trinajstić information content (AvgIpc) is 2.80. The number of nitrogens with one attached hydrogen (secondary N) is 2. The summed E-state index contributed by atoms with van der Waals surface area (Å²) in [6, 6.07) is 21.8. The maximum absolute atomic E-state index is 12.1. The minimum absolute atomic E-state index is 0.0439. The molecule has 0 saturated heterocycles. The van der Waals surface area contributed by atoms with Gasteiger partial charge in [0, 0.05) is 28.7 Å². The molecule has 0 fully saturated rings. The van der Waals surface area contributed by atoms with Crippen molar-refractivity contribution in [3.8, 4) is 11.5 Å². The summed E-state index contributed by atoms with van der Waals surface area (Å²) in [5.41, 5.74) is 2.35. The van der Waals surface area contributed by atoms with Crippen LogP contribution in [0.2, 0.25) is 0 Å². The van der Waals surface area contributed by atoms with E-state index >= 15 is 0 Å². The quantitative estimate of drug-likeness (QED) is 0.325. The molecule has 3 rings (SSSR count). The van der Waals surface area contributed by atoms with Gasteiger partial charge in [0.1, 0.15) is 11.5 Å². The average molecular weight is 525 g/mol. The molecule has 0 aliphatic rings. The first-order valence-electron chi connectivity index (χ1n) is 10.7. The normalized spacial score (nSPS) is 10.3. The third-order valence-corrected chi connectivity index (χ3v) is 5.17. The van der Waals surface area contributed by atoms with E-state index in [4.69, 9.17) is 9.47 Å². The molecule has 3 aromatic carbocycles. The maximum atomic E-state index is 12.1. The fourth-order valence-corrected chi connectivity index (χ4v) is 3.25. The van der Waals surface area contributed by atoms with Crippen LogP contribution in [0.5, 0.6) is 11.5 Å². The summed E-state index contributed by atoms with van der Waals surface area (Å²) in [5.74, 6) is 0.234. The lowest BCUT2D eigenvalue weighted by atomic mass is 10.2. The van der Waals surface area contributed by atoms with Crippen molar-refractivity contribution in [3.05, 3.63) is 82.8 Å². The van der Waals surface area contributed by atoms with Crippen LogP contribution in [-0.4, -0.2) is 24.4 Å². The molecule has 0 heterocycles. The maximum Gasteiger partial charge on any atom is 0.306 e. The Hall–Kier alpha value is -3.65. The lowest BCUT2D eigenvalue weighted by molar-refractivity contribution is -0.147. The van der Waals surface area contributed by atoms with Crippen molar-refractivity contribution < 1.29 is 23.9 Å². The third-order valence-electron chi connectivity index (χ3n) is 4.64. The second-order valence-corrected chi connectivity index (χ2v) is 8.48. The number of hydrogen-bond acceptors (Lipinski definition) is 5. The van der Waals surface area contributed by atoms with Crippen LogP contribution in [0, 0.1) is 6.92 Å². The van der Waals surface area contributed by atoms with Crippen molar-refractivity contribution in [2.45, 2.75) is 26.2 Å². The molecular weight excluding hydrogens is 500 g/mol. The van der Waals surface area contributed by atoms with E-state index < -0.39 is 11.9 Å². The van der Waals surface area contributed by atoms with E-state index in [-0.39, 0.29) is 25.4 Å². The predicted octanol–water partition coefficient (Wildman–Crippen LogP) is 5.84. The SMILES string of the molecule is Cc1cccc(Oc2ccc(NC(=O)CCCC(=O)OCC(=O)Nc3ccc(Br)cc3)cc2)c1. The van der Waals surface area contributed by atoms with Crippen LogP contribution < -0.4 is 15.4 Å². The lowest BCUT2D eigenvalue weighted by Crippen LogP contribution is -2.21. The molecule has 0 atom stereocenters. The Bertz CT molecular complexity index is 1130. The van der Waals surface area contributed by atoms with Gasteiger partial charge in [0.2, 0.25) is 5.91 Å². The second-order valence-electron chi connectivity index (χ2n) is 7.56. The highest BCUT2D eigenvalue weighted by Gasteiger charge is 2.10. The number of halogens is 1.